The maximum atomic E-state index is 12.3. The van der Waals surface area contributed by atoms with E-state index in [2.05, 4.69) is 10.0 Å². The Hall–Kier alpha value is -1.56. The Morgan fingerprint density at radius 2 is 2.10 bits per heavy atom. The number of hydrogen-bond donors (Lipinski definition) is 0. The lowest BCUT2D eigenvalue weighted by Crippen LogP contribution is -2.42. The van der Waals surface area contributed by atoms with Crippen LogP contribution in [0, 0.1) is 0 Å². The van der Waals surface area contributed by atoms with E-state index in [9.17, 15) is 8.42 Å². The van der Waals surface area contributed by atoms with Gasteiger partial charge in [0.2, 0.25) is 10.0 Å². The van der Waals surface area contributed by atoms with Crippen molar-refractivity contribution < 1.29 is 8.42 Å². The molecule has 6 nitrogen and oxygen atoms in total. The Labute approximate surface area is 119 Å². The molecule has 2 rings (SSSR count). The van der Waals surface area contributed by atoms with Gasteiger partial charge in [0, 0.05) is 18.0 Å². The van der Waals surface area contributed by atoms with Gasteiger partial charge >= 0.3 is 0 Å². The summed E-state index contributed by atoms with van der Waals surface area (Å²) >= 11 is 0. The summed E-state index contributed by atoms with van der Waals surface area (Å²) in [6, 6.07) is 9.33. The van der Waals surface area contributed by atoms with Crippen molar-refractivity contribution in [2.75, 3.05) is 18.8 Å². The molecule has 1 aliphatic rings. The number of nitrogens with zero attached hydrogens (tertiary/aromatic N) is 4. The van der Waals surface area contributed by atoms with Gasteiger partial charge in [-0.05, 0) is 30.4 Å². The van der Waals surface area contributed by atoms with Crippen molar-refractivity contribution in [2.24, 2.45) is 5.11 Å². The average Bonchev–Trinajstić information content (AvgIpc) is 2.47. The summed E-state index contributed by atoms with van der Waals surface area (Å²) in [5.74, 6) is 0.0972. The first-order chi connectivity index (χ1) is 9.62. The average molecular weight is 294 g/mol. The van der Waals surface area contributed by atoms with Crippen LogP contribution >= 0.6 is 0 Å². The SMILES string of the molecule is [N-]=[N+]=NC1CCCN(S(=O)(=O)CCc2ccccc2)C1. The van der Waals surface area contributed by atoms with E-state index in [1.807, 2.05) is 30.3 Å². The van der Waals surface area contributed by atoms with Crippen molar-refractivity contribution in [1.29, 1.82) is 0 Å². The molecule has 0 N–H and O–H groups in total. The fraction of sp³-hybridized carbons (Fsp3) is 0.538. The third kappa shape index (κ3) is 3.96. The number of sulfonamides is 1. The summed E-state index contributed by atoms with van der Waals surface area (Å²) in [5, 5.41) is 3.64. The molecule has 1 aromatic carbocycles. The molecule has 1 aliphatic heterocycles. The minimum absolute atomic E-state index is 0.0972. The molecule has 0 bridgehead atoms. The molecular formula is C13H18N4O2S. The number of piperidine rings is 1. The standard InChI is InChI=1S/C13H18N4O2S/c14-16-15-13-7-4-9-17(11-13)20(18,19)10-8-12-5-2-1-3-6-12/h1-3,5-6,13H,4,7-11H2. The normalized spacial score (nSPS) is 20.3. The lowest BCUT2D eigenvalue weighted by molar-refractivity contribution is 0.316. The van der Waals surface area contributed by atoms with Crippen molar-refractivity contribution in [3.05, 3.63) is 46.3 Å². The molecule has 0 saturated carbocycles. The Kier molecular flexibility index (Phi) is 5.00. The van der Waals surface area contributed by atoms with Crippen molar-refractivity contribution in [2.45, 2.75) is 25.3 Å². The molecule has 1 fully saturated rings. The molecule has 1 atom stereocenters. The maximum Gasteiger partial charge on any atom is 0.214 e. The summed E-state index contributed by atoms with van der Waals surface area (Å²) in [6.07, 6.45) is 2.01. The molecule has 0 aromatic heterocycles. The van der Waals surface area contributed by atoms with Gasteiger partial charge in [0.15, 0.2) is 0 Å². The monoisotopic (exact) mass is 294 g/mol. The summed E-state index contributed by atoms with van der Waals surface area (Å²) < 4.78 is 26.1. The number of benzene rings is 1. The third-order valence-corrected chi connectivity index (χ3v) is 5.30. The Morgan fingerprint density at radius 3 is 2.80 bits per heavy atom. The van der Waals surface area contributed by atoms with Gasteiger partial charge in [-0.25, -0.2) is 12.7 Å². The zero-order valence-corrected chi connectivity index (χ0v) is 12.0. The zero-order valence-electron chi connectivity index (χ0n) is 11.2. The van der Waals surface area contributed by atoms with E-state index in [0.29, 0.717) is 19.5 Å². The largest absolute Gasteiger partial charge is 0.214 e. The van der Waals surface area contributed by atoms with Crippen LogP contribution < -0.4 is 0 Å². The van der Waals surface area contributed by atoms with Gasteiger partial charge in [-0.1, -0.05) is 35.4 Å². The molecule has 1 saturated heterocycles. The first kappa shape index (κ1) is 14.8. The molecule has 108 valence electrons. The van der Waals surface area contributed by atoms with E-state index in [1.165, 1.54) is 4.31 Å². The molecular weight excluding hydrogens is 276 g/mol. The molecule has 7 heteroatoms. The third-order valence-electron chi connectivity index (χ3n) is 3.46. The highest BCUT2D eigenvalue weighted by molar-refractivity contribution is 7.89. The Balaban J connectivity index is 1.97. The minimum atomic E-state index is -3.28. The Morgan fingerprint density at radius 1 is 1.35 bits per heavy atom. The van der Waals surface area contributed by atoms with Crippen LogP contribution in [0.5, 0.6) is 0 Å². The maximum absolute atomic E-state index is 12.3. The predicted octanol–water partition coefficient (Wildman–Crippen LogP) is 2.33. The molecule has 1 aromatic rings. The van der Waals surface area contributed by atoms with E-state index in [1.54, 1.807) is 0 Å². The fourth-order valence-electron chi connectivity index (χ4n) is 2.36. The second-order valence-corrected chi connectivity index (χ2v) is 7.00. The smallest absolute Gasteiger partial charge is 0.212 e. The molecule has 1 heterocycles. The first-order valence-electron chi connectivity index (χ1n) is 6.68. The molecule has 0 amide bonds. The number of azide groups is 1. The van der Waals surface area contributed by atoms with Crippen LogP contribution in [-0.4, -0.2) is 37.6 Å². The molecule has 0 radical (unpaired) electrons. The quantitative estimate of drug-likeness (QED) is 0.474. The molecule has 1 unspecified atom stereocenters. The summed E-state index contributed by atoms with van der Waals surface area (Å²) in [6.45, 7) is 0.829. The summed E-state index contributed by atoms with van der Waals surface area (Å²) in [4.78, 5) is 2.77. The minimum Gasteiger partial charge on any atom is -0.212 e. The van der Waals surface area contributed by atoms with Gasteiger partial charge < -0.3 is 0 Å². The summed E-state index contributed by atoms with van der Waals surface area (Å²) in [7, 11) is -3.28. The highest BCUT2D eigenvalue weighted by atomic mass is 32.2. The van der Waals surface area contributed by atoms with Gasteiger partial charge in [-0.2, -0.15) is 0 Å². The predicted molar refractivity (Wildman–Crippen MR) is 77.7 cm³/mol. The van der Waals surface area contributed by atoms with E-state index in [0.717, 1.165) is 18.4 Å². The molecule has 0 spiro atoms. The van der Waals surface area contributed by atoms with Gasteiger partial charge in [-0.3, -0.25) is 0 Å². The van der Waals surface area contributed by atoms with E-state index >= 15 is 0 Å². The lowest BCUT2D eigenvalue weighted by Gasteiger charge is -2.29. The lowest BCUT2D eigenvalue weighted by atomic mass is 10.1. The first-order valence-corrected chi connectivity index (χ1v) is 8.29. The van der Waals surface area contributed by atoms with E-state index < -0.39 is 10.0 Å². The van der Waals surface area contributed by atoms with Crippen LogP contribution in [0.3, 0.4) is 0 Å². The van der Waals surface area contributed by atoms with Crippen molar-refractivity contribution >= 4 is 10.0 Å². The van der Waals surface area contributed by atoms with Crippen LogP contribution in [0.15, 0.2) is 35.4 Å². The molecule has 0 aliphatic carbocycles. The van der Waals surface area contributed by atoms with Crippen molar-refractivity contribution in [1.82, 2.24) is 4.31 Å². The van der Waals surface area contributed by atoms with E-state index in [-0.39, 0.29) is 11.8 Å². The molecule has 20 heavy (non-hydrogen) atoms. The van der Waals surface area contributed by atoms with Gasteiger partial charge in [0.25, 0.3) is 0 Å². The van der Waals surface area contributed by atoms with Crippen LogP contribution in [0.1, 0.15) is 18.4 Å². The van der Waals surface area contributed by atoms with Gasteiger partial charge in [0.1, 0.15) is 0 Å². The van der Waals surface area contributed by atoms with Crippen LogP contribution in [0.4, 0.5) is 0 Å². The number of aryl methyl sites for hydroxylation is 1. The second kappa shape index (κ2) is 6.74. The van der Waals surface area contributed by atoms with E-state index in [4.69, 9.17) is 5.53 Å². The van der Waals surface area contributed by atoms with Crippen molar-refractivity contribution in [3.63, 3.8) is 0 Å². The van der Waals surface area contributed by atoms with Crippen LogP contribution in [0.25, 0.3) is 10.4 Å². The number of rotatable bonds is 5. The highest BCUT2D eigenvalue weighted by Gasteiger charge is 2.27. The highest BCUT2D eigenvalue weighted by Crippen LogP contribution is 2.17. The second-order valence-electron chi connectivity index (χ2n) is 4.91. The number of hydrogen-bond acceptors (Lipinski definition) is 3. The van der Waals surface area contributed by atoms with Crippen LogP contribution in [-0.2, 0) is 16.4 Å². The fourth-order valence-corrected chi connectivity index (χ4v) is 3.92. The topological polar surface area (TPSA) is 86.1 Å². The summed E-state index contributed by atoms with van der Waals surface area (Å²) in [5.41, 5.74) is 9.46. The Bertz CT molecular complexity index is 582. The van der Waals surface area contributed by atoms with Crippen LogP contribution in [0.2, 0.25) is 0 Å². The zero-order chi connectivity index (χ0) is 14.4. The van der Waals surface area contributed by atoms with Gasteiger partial charge in [0.05, 0.1) is 11.8 Å². The van der Waals surface area contributed by atoms with Crippen molar-refractivity contribution in [3.8, 4) is 0 Å². The van der Waals surface area contributed by atoms with Gasteiger partial charge in [-0.15, -0.1) is 0 Å².